The Labute approximate surface area is 187 Å². The average molecular weight is 444 g/mol. The van der Waals surface area contributed by atoms with Crippen molar-refractivity contribution in [2.24, 2.45) is 0 Å². The lowest BCUT2D eigenvalue weighted by Gasteiger charge is -2.29. The van der Waals surface area contributed by atoms with Crippen molar-refractivity contribution in [3.8, 4) is 5.75 Å². The predicted molar refractivity (Wildman–Crippen MR) is 123 cm³/mol. The Morgan fingerprint density at radius 2 is 1.58 bits per heavy atom. The van der Waals surface area contributed by atoms with E-state index in [1.165, 1.54) is 47.8 Å². The fraction of sp³-hybridized carbons (Fsp3) is 0.500. The van der Waals surface area contributed by atoms with E-state index >= 15 is 0 Å². The molecule has 4 rings (SSSR count). The average Bonchev–Trinajstić information content (AvgIpc) is 3.23. The molecule has 0 atom stereocenters. The van der Waals surface area contributed by atoms with Crippen LogP contribution >= 0.6 is 0 Å². The van der Waals surface area contributed by atoms with E-state index in [2.05, 4.69) is 26.0 Å². The Kier molecular flexibility index (Phi) is 6.90. The van der Waals surface area contributed by atoms with Gasteiger partial charge < -0.3 is 9.47 Å². The molecule has 2 fully saturated rings. The third-order valence-electron chi connectivity index (χ3n) is 6.47. The Morgan fingerprint density at radius 3 is 2.19 bits per heavy atom. The fourth-order valence-electron chi connectivity index (χ4n) is 4.90. The summed E-state index contributed by atoms with van der Waals surface area (Å²) in [6, 6.07) is 10.8. The van der Waals surface area contributed by atoms with Gasteiger partial charge in [0.25, 0.3) is 0 Å². The molecule has 2 aromatic rings. The summed E-state index contributed by atoms with van der Waals surface area (Å²) in [5.74, 6) is 2.70. The van der Waals surface area contributed by atoms with E-state index in [9.17, 15) is 9.18 Å². The molecule has 2 aromatic carbocycles. The fourth-order valence-corrected chi connectivity index (χ4v) is 7.37. The van der Waals surface area contributed by atoms with Crippen LogP contribution in [-0.2, 0) is 26.0 Å². The maximum atomic E-state index is 13.4. The summed E-state index contributed by atoms with van der Waals surface area (Å²) in [6.45, 7) is 4.00. The summed E-state index contributed by atoms with van der Waals surface area (Å²) in [6.07, 6.45) is 7.51. The molecular weight excluding hydrogens is 411 g/mol. The van der Waals surface area contributed by atoms with Gasteiger partial charge in [-0.25, -0.2) is 9.18 Å². The summed E-state index contributed by atoms with van der Waals surface area (Å²) in [7, 11) is 0.345. The van der Waals surface area contributed by atoms with Crippen molar-refractivity contribution >= 4 is 16.9 Å². The number of benzene rings is 2. The van der Waals surface area contributed by atoms with Gasteiger partial charge in [-0.2, -0.15) is 0 Å². The highest BCUT2D eigenvalue weighted by molar-refractivity contribution is 7.96. The van der Waals surface area contributed by atoms with Crippen molar-refractivity contribution in [3.05, 3.63) is 58.9 Å². The van der Waals surface area contributed by atoms with Crippen LogP contribution in [0.5, 0.6) is 5.75 Å². The monoisotopic (exact) mass is 443 g/mol. The molecule has 0 aromatic heterocycles. The minimum Gasteiger partial charge on any atom is -0.481 e. The van der Waals surface area contributed by atoms with Gasteiger partial charge in [-0.15, -0.1) is 0 Å². The van der Waals surface area contributed by atoms with Crippen molar-refractivity contribution in [2.45, 2.75) is 69.3 Å². The first kappa shape index (κ1) is 22.2. The van der Waals surface area contributed by atoms with Gasteiger partial charge in [0.1, 0.15) is 28.7 Å². The minimum atomic E-state index is -0.663. The Bertz CT molecular complexity index is 890. The molecule has 1 aliphatic carbocycles. The second-order valence-electron chi connectivity index (χ2n) is 8.82. The minimum absolute atomic E-state index is 0.115. The summed E-state index contributed by atoms with van der Waals surface area (Å²) in [4.78, 5) is 14.2. The summed E-state index contributed by atoms with van der Waals surface area (Å²) >= 11 is 0. The van der Waals surface area contributed by atoms with Gasteiger partial charge >= 0.3 is 5.97 Å². The number of rotatable bonds is 6. The van der Waals surface area contributed by atoms with E-state index in [1.54, 1.807) is 12.1 Å². The number of hydrogen-bond acceptors (Lipinski definition) is 3. The molecule has 0 spiro atoms. The Morgan fingerprint density at radius 1 is 0.968 bits per heavy atom. The number of hydrogen-bond donors (Lipinski definition) is 0. The second-order valence-corrected chi connectivity index (χ2v) is 11.1. The summed E-state index contributed by atoms with van der Waals surface area (Å²) in [5, 5.41) is 0. The molecule has 0 N–H and O–H groups in total. The van der Waals surface area contributed by atoms with Crippen molar-refractivity contribution in [2.75, 3.05) is 18.1 Å². The topological polar surface area (TPSA) is 35.5 Å². The third kappa shape index (κ3) is 5.08. The van der Waals surface area contributed by atoms with Crippen LogP contribution in [0.2, 0.25) is 0 Å². The van der Waals surface area contributed by atoms with Crippen molar-refractivity contribution in [1.29, 1.82) is 0 Å². The molecule has 2 aliphatic rings. The maximum absolute atomic E-state index is 13.4. The van der Waals surface area contributed by atoms with Gasteiger partial charge in [0.2, 0.25) is 0 Å². The summed E-state index contributed by atoms with van der Waals surface area (Å²) < 4.78 is 25.3. The molecule has 0 radical (unpaired) electrons. The first-order valence-corrected chi connectivity index (χ1v) is 12.9. The number of ether oxygens (including phenoxy) is 2. The first-order valence-electron chi connectivity index (χ1n) is 11.4. The van der Waals surface area contributed by atoms with Crippen molar-refractivity contribution in [3.63, 3.8) is 0 Å². The smallest absolute Gasteiger partial charge is 0.345 e. The molecule has 1 heterocycles. The quantitative estimate of drug-likeness (QED) is 0.406. The first-order chi connectivity index (χ1) is 15.0. The van der Waals surface area contributed by atoms with Crippen molar-refractivity contribution in [1.82, 2.24) is 0 Å². The van der Waals surface area contributed by atoms with Crippen LogP contribution in [0, 0.1) is 19.7 Å². The van der Waals surface area contributed by atoms with Crippen LogP contribution in [0.1, 0.15) is 61.6 Å². The van der Waals surface area contributed by atoms with E-state index in [0.717, 1.165) is 48.1 Å². The van der Waals surface area contributed by atoms with E-state index in [4.69, 9.17) is 9.47 Å². The van der Waals surface area contributed by atoms with E-state index < -0.39 is 5.60 Å². The Balaban J connectivity index is 1.42. The lowest BCUT2D eigenvalue weighted by atomic mass is 9.92. The number of esters is 1. The molecule has 0 bridgehead atoms. The zero-order chi connectivity index (χ0) is 21.8. The zero-order valence-corrected chi connectivity index (χ0v) is 19.4. The maximum Gasteiger partial charge on any atom is 0.345 e. The SMILES string of the molecule is Cc1cc([S+]2CCCCC2)cc(C)c1OCC(=O)OC1(c2ccc(F)cc2)CCCC1. The standard InChI is InChI=1S/C26H32FO3S/c1-19-16-23(31-14-6-3-7-15-31)17-20(2)25(19)29-18-24(28)30-26(12-4-5-13-26)21-8-10-22(27)11-9-21/h8-11,16-17H,3-7,12-15,18H2,1-2H3/q+1. The molecule has 1 aliphatic heterocycles. The Hall–Kier alpha value is -2.01. The van der Waals surface area contributed by atoms with Gasteiger partial charge in [0.05, 0.1) is 0 Å². The van der Waals surface area contributed by atoms with Crippen LogP contribution in [0.4, 0.5) is 4.39 Å². The zero-order valence-electron chi connectivity index (χ0n) is 18.5. The molecule has 5 heteroatoms. The van der Waals surface area contributed by atoms with Crippen LogP contribution in [-0.4, -0.2) is 24.1 Å². The lowest BCUT2D eigenvalue weighted by Crippen LogP contribution is -2.32. The van der Waals surface area contributed by atoms with E-state index in [1.807, 2.05) is 0 Å². The van der Waals surface area contributed by atoms with Crippen LogP contribution in [0.3, 0.4) is 0 Å². The van der Waals surface area contributed by atoms with Gasteiger partial charge in [-0.1, -0.05) is 12.1 Å². The molecule has 166 valence electrons. The largest absolute Gasteiger partial charge is 0.481 e. The highest BCUT2D eigenvalue weighted by Crippen LogP contribution is 2.42. The highest BCUT2D eigenvalue weighted by atomic mass is 32.2. The van der Waals surface area contributed by atoms with Crippen molar-refractivity contribution < 1.29 is 18.7 Å². The van der Waals surface area contributed by atoms with E-state index in [-0.39, 0.29) is 18.4 Å². The van der Waals surface area contributed by atoms with E-state index in [0.29, 0.717) is 10.9 Å². The number of halogens is 1. The number of carbonyl (C=O) groups excluding carboxylic acids is 1. The predicted octanol–water partition coefficient (Wildman–Crippen LogP) is 6.00. The highest BCUT2D eigenvalue weighted by Gasteiger charge is 2.39. The van der Waals surface area contributed by atoms with Gasteiger partial charge in [-0.3, -0.25) is 0 Å². The normalized spacial score (nSPS) is 18.7. The lowest BCUT2D eigenvalue weighted by molar-refractivity contribution is -0.163. The van der Waals surface area contributed by atoms with Crippen LogP contribution in [0.25, 0.3) is 0 Å². The summed E-state index contributed by atoms with van der Waals surface area (Å²) in [5.41, 5.74) is 2.36. The molecule has 1 saturated heterocycles. The number of carbonyl (C=O) groups is 1. The number of aryl methyl sites for hydroxylation is 2. The molecule has 0 unspecified atom stereocenters. The molecule has 1 saturated carbocycles. The molecule has 31 heavy (non-hydrogen) atoms. The van der Waals surface area contributed by atoms with Gasteiger partial charge in [-0.05, 0) is 99.7 Å². The molecular formula is C26H32FO3S+. The third-order valence-corrected chi connectivity index (χ3v) is 8.94. The molecule has 0 amide bonds. The second kappa shape index (κ2) is 9.64. The van der Waals surface area contributed by atoms with Crippen LogP contribution in [0.15, 0.2) is 41.3 Å². The molecule has 3 nitrogen and oxygen atoms in total. The van der Waals surface area contributed by atoms with Crippen LogP contribution < -0.4 is 4.74 Å². The van der Waals surface area contributed by atoms with Gasteiger partial charge in [0, 0.05) is 10.9 Å². The van der Waals surface area contributed by atoms with Gasteiger partial charge in [0.15, 0.2) is 11.5 Å².